The van der Waals surface area contributed by atoms with Crippen molar-refractivity contribution in [2.24, 2.45) is 0 Å². The summed E-state index contributed by atoms with van der Waals surface area (Å²) in [4.78, 5) is 0. The maximum atomic E-state index is 10.5. The molecule has 1 saturated heterocycles. The lowest BCUT2D eigenvalue weighted by Crippen LogP contribution is -2.25. The summed E-state index contributed by atoms with van der Waals surface area (Å²) in [7, 11) is 0. The maximum absolute atomic E-state index is 10.5. The fraction of sp³-hybridized carbons (Fsp3) is 0.500. The molecule has 2 unspecified atom stereocenters. The molecule has 1 heterocycles. The van der Waals surface area contributed by atoms with Crippen LogP contribution in [-0.2, 0) is 5.60 Å². The molecule has 2 rings (SSSR count). The monoisotopic (exact) mass is 242 g/mol. The lowest BCUT2D eigenvalue weighted by Gasteiger charge is -2.22. The van der Waals surface area contributed by atoms with Gasteiger partial charge in [0.05, 0.1) is 5.60 Å². The predicted molar refractivity (Wildman–Crippen MR) is 66.6 cm³/mol. The lowest BCUT2D eigenvalue weighted by molar-refractivity contribution is 0.0612. The van der Waals surface area contributed by atoms with Crippen LogP contribution < -0.4 is 0 Å². The largest absolute Gasteiger partial charge is 0.384 e. The van der Waals surface area contributed by atoms with Gasteiger partial charge in [-0.1, -0.05) is 30.7 Å². The van der Waals surface area contributed by atoms with Crippen molar-refractivity contribution in [3.8, 4) is 0 Å². The topological polar surface area (TPSA) is 20.2 Å². The second kappa shape index (κ2) is 4.00. The van der Waals surface area contributed by atoms with E-state index in [2.05, 4.69) is 6.92 Å². The summed E-state index contributed by atoms with van der Waals surface area (Å²) in [5.41, 5.74) is 1.33. The number of hydrogen-bond acceptors (Lipinski definition) is 2. The molecule has 0 saturated carbocycles. The van der Waals surface area contributed by atoms with Crippen molar-refractivity contribution in [2.45, 2.75) is 31.1 Å². The van der Waals surface area contributed by atoms with E-state index in [4.69, 9.17) is 11.6 Å². The number of thioether (sulfide) groups is 1. The van der Waals surface area contributed by atoms with Crippen molar-refractivity contribution in [2.75, 3.05) is 5.75 Å². The Bertz CT molecular complexity index is 380. The molecule has 1 aromatic rings. The molecule has 1 fully saturated rings. The highest BCUT2D eigenvalue weighted by atomic mass is 35.5. The minimum Gasteiger partial charge on any atom is -0.384 e. The van der Waals surface area contributed by atoms with Gasteiger partial charge in [-0.05, 0) is 30.5 Å². The van der Waals surface area contributed by atoms with Crippen molar-refractivity contribution in [1.82, 2.24) is 0 Å². The highest BCUT2D eigenvalue weighted by Crippen LogP contribution is 2.41. The minimum absolute atomic E-state index is 0.523. The normalized spacial score (nSPS) is 30.8. The van der Waals surface area contributed by atoms with Crippen molar-refractivity contribution < 1.29 is 5.11 Å². The van der Waals surface area contributed by atoms with E-state index in [1.807, 2.05) is 36.9 Å². The van der Waals surface area contributed by atoms with E-state index in [0.29, 0.717) is 5.25 Å². The average molecular weight is 243 g/mol. The van der Waals surface area contributed by atoms with Gasteiger partial charge >= 0.3 is 0 Å². The molecule has 15 heavy (non-hydrogen) atoms. The molecule has 1 aliphatic rings. The number of rotatable bonds is 1. The summed E-state index contributed by atoms with van der Waals surface area (Å²) in [6, 6.07) is 5.86. The van der Waals surface area contributed by atoms with E-state index < -0.39 is 5.60 Å². The third kappa shape index (κ3) is 2.17. The zero-order chi connectivity index (χ0) is 11.1. The van der Waals surface area contributed by atoms with Crippen LogP contribution in [0.15, 0.2) is 18.2 Å². The molecule has 1 N–H and O–H groups in total. The Balaban J connectivity index is 2.33. The predicted octanol–water partition coefficient (Wildman–Crippen LogP) is 3.36. The lowest BCUT2D eigenvalue weighted by atomic mass is 9.91. The average Bonchev–Trinajstić information content (AvgIpc) is 2.52. The molecule has 0 amide bonds. The zero-order valence-electron chi connectivity index (χ0n) is 8.96. The van der Waals surface area contributed by atoms with Crippen molar-refractivity contribution >= 4 is 23.4 Å². The van der Waals surface area contributed by atoms with Crippen molar-refractivity contribution in [3.05, 3.63) is 34.3 Å². The standard InChI is InChI=1S/C12H15ClOS/c1-8-3-4-10(5-11(8)13)12(14)6-9(2)15-7-12/h3-5,9,14H,6-7H2,1-2H3. The molecular weight excluding hydrogens is 228 g/mol. The first-order chi connectivity index (χ1) is 7.01. The Morgan fingerprint density at radius 3 is 2.80 bits per heavy atom. The van der Waals surface area contributed by atoms with Gasteiger partial charge in [-0.2, -0.15) is 11.8 Å². The molecule has 1 nitrogen and oxygen atoms in total. The van der Waals surface area contributed by atoms with Gasteiger partial charge in [0.15, 0.2) is 0 Å². The van der Waals surface area contributed by atoms with Crippen LogP contribution in [0.4, 0.5) is 0 Å². The quantitative estimate of drug-likeness (QED) is 0.815. The number of benzene rings is 1. The first kappa shape index (κ1) is 11.3. The first-order valence-electron chi connectivity index (χ1n) is 5.12. The highest BCUT2D eigenvalue weighted by molar-refractivity contribution is 8.00. The zero-order valence-corrected chi connectivity index (χ0v) is 10.5. The highest BCUT2D eigenvalue weighted by Gasteiger charge is 2.37. The van der Waals surface area contributed by atoms with Gasteiger partial charge in [0.25, 0.3) is 0 Å². The van der Waals surface area contributed by atoms with Gasteiger partial charge in [0.2, 0.25) is 0 Å². The van der Waals surface area contributed by atoms with Crippen LogP contribution in [0.1, 0.15) is 24.5 Å². The summed E-state index contributed by atoms with van der Waals surface area (Å²) < 4.78 is 0. The molecule has 2 atom stereocenters. The van der Waals surface area contributed by atoms with E-state index in [9.17, 15) is 5.11 Å². The molecule has 3 heteroatoms. The SMILES string of the molecule is Cc1ccc(C2(O)CSC(C)C2)cc1Cl. The summed E-state index contributed by atoms with van der Waals surface area (Å²) in [6.07, 6.45) is 0.817. The Labute approximate surface area is 99.8 Å². The second-order valence-electron chi connectivity index (χ2n) is 4.32. The Morgan fingerprint density at radius 2 is 2.27 bits per heavy atom. The van der Waals surface area contributed by atoms with Gasteiger partial charge in [-0.25, -0.2) is 0 Å². The van der Waals surface area contributed by atoms with Gasteiger partial charge in [-0.3, -0.25) is 0 Å². The van der Waals surface area contributed by atoms with E-state index in [-0.39, 0.29) is 0 Å². The van der Waals surface area contributed by atoms with Gasteiger partial charge < -0.3 is 5.11 Å². The molecule has 1 aliphatic heterocycles. The number of halogens is 1. The van der Waals surface area contributed by atoms with Crippen LogP contribution in [0, 0.1) is 6.92 Å². The van der Waals surface area contributed by atoms with E-state index in [0.717, 1.165) is 28.3 Å². The molecule has 0 spiro atoms. The van der Waals surface area contributed by atoms with Crippen LogP contribution in [0.5, 0.6) is 0 Å². The van der Waals surface area contributed by atoms with Crippen LogP contribution in [0.2, 0.25) is 5.02 Å². The Hall–Kier alpha value is -0.180. The summed E-state index contributed by atoms with van der Waals surface area (Å²) in [5, 5.41) is 11.7. The van der Waals surface area contributed by atoms with Crippen LogP contribution in [0.25, 0.3) is 0 Å². The first-order valence-corrected chi connectivity index (χ1v) is 6.54. The Morgan fingerprint density at radius 1 is 1.53 bits per heavy atom. The summed E-state index contributed by atoms with van der Waals surface area (Å²) in [5.74, 6) is 0.771. The fourth-order valence-electron chi connectivity index (χ4n) is 1.96. The summed E-state index contributed by atoms with van der Waals surface area (Å²) >= 11 is 7.89. The van der Waals surface area contributed by atoms with Crippen LogP contribution in [0.3, 0.4) is 0 Å². The fourth-order valence-corrected chi connectivity index (χ4v) is 3.38. The van der Waals surface area contributed by atoms with Gasteiger partial charge in [-0.15, -0.1) is 0 Å². The second-order valence-corrected chi connectivity index (χ2v) is 6.16. The van der Waals surface area contributed by atoms with Crippen LogP contribution in [-0.4, -0.2) is 16.1 Å². The minimum atomic E-state index is -0.679. The van der Waals surface area contributed by atoms with Crippen molar-refractivity contribution in [1.29, 1.82) is 0 Å². The van der Waals surface area contributed by atoms with Crippen LogP contribution >= 0.6 is 23.4 Å². The smallest absolute Gasteiger partial charge is 0.0997 e. The number of aliphatic hydroxyl groups is 1. The number of aryl methyl sites for hydroxylation is 1. The molecule has 82 valence electrons. The Kier molecular flexibility index (Phi) is 3.02. The van der Waals surface area contributed by atoms with E-state index in [1.54, 1.807) is 0 Å². The third-order valence-electron chi connectivity index (χ3n) is 2.94. The van der Waals surface area contributed by atoms with Gasteiger partial charge in [0, 0.05) is 16.0 Å². The van der Waals surface area contributed by atoms with E-state index >= 15 is 0 Å². The van der Waals surface area contributed by atoms with Gasteiger partial charge in [0.1, 0.15) is 0 Å². The molecule has 0 bridgehead atoms. The summed E-state index contributed by atoms with van der Waals surface area (Å²) in [6.45, 7) is 4.13. The molecule has 1 aromatic carbocycles. The third-order valence-corrected chi connectivity index (χ3v) is 4.73. The maximum Gasteiger partial charge on any atom is 0.0997 e. The molecule has 0 aromatic heterocycles. The van der Waals surface area contributed by atoms with E-state index in [1.165, 1.54) is 0 Å². The molecule has 0 aliphatic carbocycles. The molecule has 0 radical (unpaired) electrons. The molecular formula is C12H15ClOS. The number of hydrogen-bond donors (Lipinski definition) is 1. The van der Waals surface area contributed by atoms with Crippen molar-refractivity contribution in [3.63, 3.8) is 0 Å².